The highest BCUT2D eigenvalue weighted by Gasteiger charge is 2.06. The first-order chi connectivity index (χ1) is 10.1. The van der Waals surface area contributed by atoms with Gasteiger partial charge in [-0.25, -0.2) is 4.98 Å². The van der Waals surface area contributed by atoms with E-state index in [1.807, 2.05) is 6.20 Å². The van der Waals surface area contributed by atoms with Crippen LogP contribution in [0.25, 0.3) is 0 Å². The summed E-state index contributed by atoms with van der Waals surface area (Å²) >= 11 is 1.76. The molecule has 5 nitrogen and oxygen atoms in total. The van der Waals surface area contributed by atoms with E-state index in [0.717, 1.165) is 32.0 Å². The van der Waals surface area contributed by atoms with Crippen molar-refractivity contribution in [1.29, 1.82) is 0 Å². The van der Waals surface area contributed by atoms with Gasteiger partial charge in [-0.2, -0.15) is 0 Å². The minimum absolute atomic E-state index is 0. The van der Waals surface area contributed by atoms with E-state index in [0.29, 0.717) is 6.04 Å². The Hall–Kier alpha value is -0.410. The zero-order chi connectivity index (χ0) is 15.7. The zero-order valence-electron chi connectivity index (χ0n) is 14.3. The predicted octanol–water partition coefficient (Wildman–Crippen LogP) is 2.51. The molecule has 22 heavy (non-hydrogen) atoms. The van der Waals surface area contributed by atoms with Crippen LogP contribution in [-0.4, -0.2) is 55.6 Å². The number of halogens is 1. The number of nitrogens with one attached hydrogen (secondary N) is 2. The van der Waals surface area contributed by atoms with Gasteiger partial charge in [-0.1, -0.05) is 6.92 Å². The Morgan fingerprint density at radius 2 is 2.09 bits per heavy atom. The Balaban J connectivity index is 0.00000441. The lowest BCUT2D eigenvalue weighted by molar-refractivity contribution is 0.255. The van der Waals surface area contributed by atoms with E-state index >= 15 is 0 Å². The number of aryl methyl sites for hydroxylation is 1. The van der Waals surface area contributed by atoms with Gasteiger partial charge in [0.25, 0.3) is 0 Å². The number of thiazole rings is 1. The van der Waals surface area contributed by atoms with Crippen LogP contribution in [-0.2, 0) is 6.42 Å². The van der Waals surface area contributed by atoms with Crippen molar-refractivity contribution in [2.24, 2.45) is 4.99 Å². The summed E-state index contributed by atoms with van der Waals surface area (Å²) < 4.78 is 0. The quantitative estimate of drug-likeness (QED) is 0.371. The van der Waals surface area contributed by atoms with Crippen molar-refractivity contribution in [3.63, 3.8) is 0 Å². The fourth-order valence-corrected chi connectivity index (χ4v) is 2.69. The summed E-state index contributed by atoms with van der Waals surface area (Å²) in [5, 5.41) is 7.86. The van der Waals surface area contributed by atoms with Crippen molar-refractivity contribution in [2.75, 3.05) is 33.7 Å². The molecule has 2 N–H and O–H groups in total. The topological polar surface area (TPSA) is 52.5 Å². The standard InChI is InChI=1S/C15H29N5S.HI/c1-6-12(2)20(5)10-9-18-15(16-4)17-8-7-14-19-11-13(3)21-14;/h11-12H,6-10H2,1-5H3,(H2,16,17,18);1H. The molecule has 1 unspecified atom stereocenters. The van der Waals surface area contributed by atoms with Gasteiger partial charge in [0.2, 0.25) is 0 Å². The van der Waals surface area contributed by atoms with Crippen molar-refractivity contribution < 1.29 is 0 Å². The molecule has 7 heteroatoms. The molecule has 0 saturated heterocycles. The molecule has 0 aromatic carbocycles. The fraction of sp³-hybridized carbons (Fsp3) is 0.733. The molecule has 0 bridgehead atoms. The molecule has 0 amide bonds. The third-order valence-corrected chi connectivity index (χ3v) is 4.60. The second-order valence-corrected chi connectivity index (χ2v) is 6.60. The first-order valence-corrected chi connectivity index (χ1v) is 8.44. The van der Waals surface area contributed by atoms with Crippen LogP contribution in [0.5, 0.6) is 0 Å². The van der Waals surface area contributed by atoms with E-state index in [1.54, 1.807) is 18.4 Å². The summed E-state index contributed by atoms with van der Waals surface area (Å²) in [6.45, 7) is 9.33. The number of rotatable bonds is 8. The molecule has 128 valence electrons. The highest BCUT2D eigenvalue weighted by molar-refractivity contribution is 14.0. The normalized spacial score (nSPS) is 12.9. The average Bonchev–Trinajstić information content (AvgIpc) is 2.90. The van der Waals surface area contributed by atoms with Crippen molar-refractivity contribution in [1.82, 2.24) is 20.5 Å². The lowest BCUT2D eigenvalue weighted by Gasteiger charge is -2.23. The molecular weight excluding hydrogens is 409 g/mol. The monoisotopic (exact) mass is 439 g/mol. The number of aromatic nitrogens is 1. The number of hydrogen-bond acceptors (Lipinski definition) is 4. The van der Waals surface area contributed by atoms with Crippen molar-refractivity contribution in [2.45, 2.75) is 39.7 Å². The first kappa shape index (κ1) is 21.6. The largest absolute Gasteiger partial charge is 0.356 e. The summed E-state index contributed by atoms with van der Waals surface area (Å²) in [5.41, 5.74) is 0. The molecule has 0 aliphatic heterocycles. The number of likely N-dealkylation sites (N-methyl/N-ethyl adjacent to an activating group) is 1. The molecule has 1 atom stereocenters. The zero-order valence-corrected chi connectivity index (χ0v) is 17.5. The van der Waals surface area contributed by atoms with Crippen LogP contribution in [0.15, 0.2) is 11.2 Å². The summed E-state index contributed by atoms with van der Waals surface area (Å²) in [6, 6.07) is 0.620. The van der Waals surface area contributed by atoms with Crippen LogP contribution in [0.2, 0.25) is 0 Å². The molecule has 0 saturated carbocycles. The Morgan fingerprint density at radius 1 is 1.41 bits per heavy atom. The van der Waals surface area contributed by atoms with Crippen molar-refractivity contribution >= 4 is 41.3 Å². The Morgan fingerprint density at radius 3 is 2.64 bits per heavy atom. The van der Waals surface area contributed by atoms with E-state index in [2.05, 4.69) is 53.3 Å². The molecule has 1 aromatic heterocycles. The molecule has 1 rings (SSSR count). The molecular formula is C15H30IN5S. The molecule has 0 spiro atoms. The van der Waals surface area contributed by atoms with Crippen LogP contribution in [0.1, 0.15) is 30.2 Å². The molecule has 0 fully saturated rings. The summed E-state index contributed by atoms with van der Waals surface area (Å²) in [4.78, 5) is 12.2. The Labute approximate surface area is 156 Å². The van der Waals surface area contributed by atoms with Gasteiger partial charge >= 0.3 is 0 Å². The molecule has 0 aliphatic rings. The molecule has 1 aromatic rings. The van der Waals surface area contributed by atoms with E-state index in [9.17, 15) is 0 Å². The van der Waals surface area contributed by atoms with Crippen LogP contribution < -0.4 is 10.6 Å². The van der Waals surface area contributed by atoms with Gasteiger partial charge in [0.1, 0.15) is 0 Å². The lowest BCUT2D eigenvalue weighted by atomic mass is 10.2. The Kier molecular flexibility index (Phi) is 11.8. The van der Waals surface area contributed by atoms with Crippen LogP contribution in [0, 0.1) is 6.92 Å². The predicted molar refractivity (Wildman–Crippen MR) is 108 cm³/mol. The number of hydrogen-bond donors (Lipinski definition) is 2. The van der Waals surface area contributed by atoms with Crippen molar-refractivity contribution in [3.8, 4) is 0 Å². The molecule has 0 radical (unpaired) electrons. The minimum Gasteiger partial charge on any atom is -0.356 e. The van der Waals surface area contributed by atoms with Gasteiger partial charge in [-0.3, -0.25) is 4.99 Å². The van der Waals surface area contributed by atoms with E-state index in [-0.39, 0.29) is 24.0 Å². The van der Waals surface area contributed by atoms with Crippen LogP contribution in [0.3, 0.4) is 0 Å². The lowest BCUT2D eigenvalue weighted by Crippen LogP contribution is -2.42. The average molecular weight is 439 g/mol. The van der Waals surface area contributed by atoms with E-state index in [1.165, 1.54) is 16.3 Å². The third kappa shape index (κ3) is 8.28. The number of guanidine groups is 1. The number of nitrogens with zero attached hydrogens (tertiary/aromatic N) is 3. The maximum Gasteiger partial charge on any atom is 0.191 e. The van der Waals surface area contributed by atoms with Crippen LogP contribution >= 0.6 is 35.3 Å². The Bertz CT molecular complexity index is 435. The van der Waals surface area contributed by atoms with Gasteiger partial charge in [0, 0.05) is 50.2 Å². The van der Waals surface area contributed by atoms with Gasteiger partial charge < -0.3 is 15.5 Å². The summed E-state index contributed by atoms with van der Waals surface area (Å²) in [6.07, 6.45) is 4.04. The summed E-state index contributed by atoms with van der Waals surface area (Å²) in [5.74, 6) is 0.862. The maximum atomic E-state index is 4.36. The van der Waals surface area contributed by atoms with Gasteiger partial charge in [0.05, 0.1) is 5.01 Å². The molecule has 1 heterocycles. The van der Waals surface area contributed by atoms with Crippen LogP contribution in [0.4, 0.5) is 0 Å². The van der Waals surface area contributed by atoms with Gasteiger partial charge in [0.15, 0.2) is 5.96 Å². The summed E-state index contributed by atoms with van der Waals surface area (Å²) in [7, 11) is 3.97. The minimum atomic E-state index is 0. The third-order valence-electron chi connectivity index (χ3n) is 3.62. The SMILES string of the molecule is CCC(C)N(C)CCNC(=NC)NCCc1ncc(C)s1.I. The van der Waals surface area contributed by atoms with Gasteiger partial charge in [-0.05, 0) is 27.3 Å². The fourth-order valence-electron chi connectivity index (χ4n) is 1.91. The number of aliphatic imine (C=N–C) groups is 1. The first-order valence-electron chi connectivity index (χ1n) is 7.62. The smallest absolute Gasteiger partial charge is 0.191 e. The van der Waals surface area contributed by atoms with E-state index in [4.69, 9.17) is 0 Å². The highest BCUT2D eigenvalue weighted by atomic mass is 127. The highest BCUT2D eigenvalue weighted by Crippen LogP contribution is 2.10. The maximum absolute atomic E-state index is 4.36. The second-order valence-electron chi connectivity index (χ2n) is 5.28. The van der Waals surface area contributed by atoms with E-state index < -0.39 is 0 Å². The van der Waals surface area contributed by atoms with Gasteiger partial charge in [-0.15, -0.1) is 35.3 Å². The molecule has 0 aliphatic carbocycles. The van der Waals surface area contributed by atoms with Crippen molar-refractivity contribution in [3.05, 3.63) is 16.1 Å². The second kappa shape index (κ2) is 12.1.